The van der Waals surface area contributed by atoms with Gasteiger partial charge in [0, 0.05) is 32.1 Å². The molecule has 0 atom stereocenters. The van der Waals surface area contributed by atoms with Crippen LogP contribution in [-0.2, 0) is 14.3 Å². The molecule has 0 unspecified atom stereocenters. The molecule has 0 aliphatic carbocycles. The van der Waals surface area contributed by atoms with Crippen molar-refractivity contribution >= 4 is 18.0 Å². The Labute approximate surface area is 143 Å². The Morgan fingerprint density at radius 2 is 1.96 bits per heavy atom. The summed E-state index contributed by atoms with van der Waals surface area (Å²) >= 11 is 0. The molecule has 138 valence electrons. The molecule has 8 heteroatoms. The molecule has 1 rings (SSSR count). The molecule has 0 radical (unpaired) electrons. The molecule has 0 aromatic heterocycles. The molecule has 24 heavy (non-hydrogen) atoms. The molecule has 1 aliphatic rings. The number of unbranched alkanes of at least 4 members (excludes halogenated alkanes) is 2. The highest BCUT2D eigenvalue weighted by Crippen LogP contribution is 2.11. The zero-order valence-corrected chi connectivity index (χ0v) is 14.8. The fourth-order valence-corrected chi connectivity index (χ4v) is 2.54. The third-order valence-electron chi connectivity index (χ3n) is 3.92. The average Bonchev–Trinajstić information content (AvgIpc) is 2.58. The van der Waals surface area contributed by atoms with E-state index in [1.807, 2.05) is 0 Å². The Morgan fingerprint density at radius 3 is 2.58 bits per heavy atom. The zero-order chi connectivity index (χ0) is 17.8. The number of esters is 1. The number of hydrogen-bond donors (Lipinski definition) is 2. The Kier molecular flexibility index (Phi) is 9.64. The van der Waals surface area contributed by atoms with Gasteiger partial charge in [0.15, 0.2) is 5.96 Å². The molecule has 3 N–H and O–H groups in total. The van der Waals surface area contributed by atoms with E-state index in [1.54, 1.807) is 11.8 Å². The van der Waals surface area contributed by atoms with Gasteiger partial charge in [-0.15, -0.1) is 0 Å². The van der Waals surface area contributed by atoms with Crippen molar-refractivity contribution in [3.05, 3.63) is 0 Å². The van der Waals surface area contributed by atoms with Gasteiger partial charge in [-0.05, 0) is 32.6 Å². The normalized spacial score (nSPS) is 15.9. The number of piperidine rings is 1. The molecule has 1 aliphatic heterocycles. The summed E-state index contributed by atoms with van der Waals surface area (Å²) in [6.07, 6.45) is 4.48. The molecule has 0 spiro atoms. The lowest BCUT2D eigenvalue weighted by Crippen LogP contribution is -2.48. The molecule has 8 nitrogen and oxygen atoms in total. The average molecular weight is 342 g/mol. The first kappa shape index (κ1) is 20.1. The first-order valence-corrected chi connectivity index (χ1v) is 8.61. The smallest absolute Gasteiger partial charge is 0.409 e. The van der Waals surface area contributed by atoms with E-state index in [2.05, 4.69) is 15.0 Å². The maximum absolute atomic E-state index is 11.6. The predicted octanol–water partition coefficient (Wildman–Crippen LogP) is 1.25. The van der Waals surface area contributed by atoms with Gasteiger partial charge in [-0.25, -0.2) is 4.79 Å². The number of likely N-dealkylation sites (tertiary alicyclic amines) is 1. The van der Waals surface area contributed by atoms with Crippen LogP contribution in [0.1, 0.15) is 45.4 Å². The fraction of sp³-hybridized carbons (Fsp3) is 0.812. The number of amides is 1. The summed E-state index contributed by atoms with van der Waals surface area (Å²) < 4.78 is 9.58. The summed E-state index contributed by atoms with van der Waals surface area (Å²) in [6, 6.07) is 0.235. The minimum absolute atomic E-state index is 0.172. The molecule has 1 saturated heterocycles. The number of rotatable bonds is 8. The van der Waals surface area contributed by atoms with Gasteiger partial charge in [0.05, 0.1) is 13.7 Å². The third-order valence-corrected chi connectivity index (χ3v) is 3.92. The van der Waals surface area contributed by atoms with Crippen LogP contribution in [0.25, 0.3) is 0 Å². The second kappa shape index (κ2) is 11.5. The summed E-state index contributed by atoms with van der Waals surface area (Å²) in [5.41, 5.74) is 5.89. The van der Waals surface area contributed by atoms with E-state index in [9.17, 15) is 9.59 Å². The molecular weight excluding hydrogens is 312 g/mol. The number of ether oxygens (including phenoxy) is 2. The number of nitrogens with zero attached hydrogens (tertiary/aromatic N) is 2. The van der Waals surface area contributed by atoms with Crippen LogP contribution < -0.4 is 11.1 Å². The number of nitrogens with two attached hydrogens (primary N) is 1. The van der Waals surface area contributed by atoms with Gasteiger partial charge in [0.2, 0.25) is 0 Å². The Morgan fingerprint density at radius 1 is 1.25 bits per heavy atom. The summed E-state index contributed by atoms with van der Waals surface area (Å²) in [6.45, 7) is 4.17. The van der Waals surface area contributed by atoms with Crippen molar-refractivity contribution in [3.63, 3.8) is 0 Å². The molecule has 0 saturated carbocycles. The maximum Gasteiger partial charge on any atom is 0.409 e. The van der Waals surface area contributed by atoms with Crippen molar-refractivity contribution in [2.45, 2.75) is 51.5 Å². The monoisotopic (exact) mass is 342 g/mol. The van der Waals surface area contributed by atoms with Gasteiger partial charge < -0.3 is 25.4 Å². The quantitative estimate of drug-likeness (QED) is 0.297. The largest absolute Gasteiger partial charge is 0.469 e. The third kappa shape index (κ3) is 8.03. The second-order valence-corrected chi connectivity index (χ2v) is 5.76. The molecule has 1 amide bonds. The van der Waals surface area contributed by atoms with E-state index in [0.29, 0.717) is 38.6 Å². The lowest BCUT2D eigenvalue weighted by atomic mass is 10.1. The topological polar surface area (TPSA) is 106 Å². The zero-order valence-electron chi connectivity index (χ0n) is 14.8. The van der Waals surface area contributed by atoms with Gasteiger partial charge >= 0.3 is 12.1 Å². The van der Waals surface area contributed by atoms with Crippen LogP contribution in [0, 0.1) is 0 Å². The number of methoxy groups -OCH3 is 1. The maximum atomic E-state index is 11.6. The Bertz CT molecular complexity index is 420. The Hall–Kier alpha value is -1.99. The number of hydrogen-bond acceptors (Lipinski definition) is 5. The van der Waals surface area contributed by atoms with E-state index in [1.165, 1.54) is 7.11 Å². The molecule has 0 aromatic rings. The Balaban J connectivity index is 2.13. The van der Waals surface area contributed by atoms with Crippen LogP contribution in [0.3, 0.4) is 0 Å². The van der Waals surface area contributed by atoms with Gasteiger partial charge in [-0.1, -0.05) is 6.42 Å². The molecule has 1 fully saturated rings. The molecule has 0 bridgehead atoms. The first-order valence-electron chi connectivity index (χ1n) is 8.61. The van der Waals surface area contributed by atoms with Gasteiger partial charge in [0.1, 0.15) is 0 Å². The fourth-order valence-electron chi connectivity index (χ4n) is 2.54. The van der Waals surface area contributed by atoms with Crippen LogP contribution in [0.2, 0.25) is 0 Å². The minimum atomic E-state index is -0.246. The molecule has 1 heterocycles. The van der Waals surface area contributed by atoms with Crippen LogP contribution in [0.4, 0.5) is 4.79 Å². The van der Waals surface area contributed by atoms with Gasteiger partial charge in [0.25, 0.3) is 0 Å². The predicted molar refractivity (Wildman–Crippen MR) is 91.7 cm³/mol. The number of carbonyl (C=O) groups is 2. The van der Waals surface area contributed by atoms with E-state index in [4.69, 9.17) is 10.5 Å². The number of guanidine groups is 1. The van der Waals surface area contributed by atoms with E-state index in [-0.39, 0.29) is 18.1 Å². The number of nitrogens with one attached hydrogen (secondary N) is 1. The number of aliphatic imine (C=N–C) groups is 1. The van der Waals surface area contributed by atoms with Crippen molar-refractivity contribution < 1.29 is 19.1 Å². The lowest BCUT2D eigenvalue weighted by Gasteiger charge is -2.31. The summed E-state index contributed by atoms with van der Waals surface area (Å²) in [5, 5.41) is 3.20. The van der Waals surface area contributed by atoms with Crippen molar-refractivity contribution in [1.82, 2.24) is 10.2 Å². The minimum Gasteiger partial charge on any atom is -0.469 e. The van der Waals surface area contributed by atoms with Crippen LogP contribution in [0.5, 0.6) is 0 Å². The van der Waals surface area contributed by atoms with E-state index < -0.39 is 0 Å². The molecule has 0 aromatic carbocycles. The van der Waals surface area contributed by atoms with Crippen molar-refractivity contribution in [2.24, 2.45) is 10.7 Å². The highest BCUT2D eigenvalue weighted by atomic mass is 16.6. The van der Waals surface area contributed by atoms with Crippen LogP contribution in [0.15, 0.2) is 4.99 Å². The SMILES string of the molecule is CCOC(=O)N1CCC(NC(N)=NCCCCCC(=O)OC)CC1. The van der Waals surface area contributed by atoms with E-state index >= 15 is 0 Å². The summed E-state index contributed by atoms with van der Waals surface area (Å²) in [5.74, 6) is 0.270. The van der Waals surface area contributed by atoms with Crippen LogP contribution >= 0.6 is 0 Å². The van der Waals surface area contributed by atoms with E-state index in [0.717, 1.165) is 32.1 Å². The summed E-state index contributed by atoms with van der Waals surface area (Å²) in [7, 11) is 1.40. The van der Waals surface area contributed by atoms with Crippen molar-refractivity contribution in [2.75, 3.05) is 33.4 Å². The van der Waals surface area contributed by atoms with Gasteiger partial charge in [-0.2, -0.15) is 0 Å². The number of carbonyl (C=O) groups excluding carboxylic acids is 2. The van der Waals surface area contributed by atoms with Crippen molar-refractivity contribution in [3.8, 4) is 0 Å². The lowest BCUT2D eigenvalue weighted by molar-refractivity contribution is -0.140. The molecular formula is C16H30N4O4. The summed E-state index contributed by atoms with van der Waals surface area (Å²) in [4.78, 5) is 28.6. The van der Waals surface area contributed by atoms with Gasteiger partial charge in [-0.3, -0.25) is 9.79 Å². The second-order valence-electron chi connectivity index (χ2n) is 5.76. The van der Waals surface area contributed by atoms with Crippen LogP contribution in [-0.4, -0.2) is 62.3 Å². The first-order chi connectivity index (χ1) is 11.6. The highest BCUT2D eigenvalue weighted by molar-refractivity contribution is 5.78. The van der Waals surface area contributed by atoms with Crippen molar-refractivity contribution in [1.29, 1.82) is 0 Å². The highest BCUT2D eigenvalue weighted by Gasteiger charge is 2.23. The standard InChI is InChI=1S/C16H30N4O4/c1-3-24-16(22)20-11-8-13(9-12-20)19-15(17)18-10-6-4-5-7-14(21)23-2/h13H,3-12H2,1-2H3,(H3,17,18,19).